The van der Waals surface area contributed by atoms with E-state index in [1.807, 2.05) is 18.2 Å². The van der Waals surface area contributed by atoms with Crippen molar-refractivity contribution in [1.29, 1.82) is 0 Å². The molecule has 0 aliphatic carbocycles. The summed E-state index contributed by atoms with van der Waals surface area (Å²) >= 11 is 0. The average Bonchev–Trinajstić information content (AvgIpc) is 2.54. The average molecular weight is 286 g/mol. The van der Waals surface area contributed by atoms with E-state index in [9.17, 15) is 0 Å². The van der Waals surface area contributed by atoms with E-state index in [2.05, 4.69) is 16.0 Å². The van der Waals surface area contributed by atoms with Gasteiger partial charge in [-0.15, -0.1) is 0 Å². The van der Waals surface area contributed by atoms with Crippen LogP contribution in [0.25, 0.3) is 0 Å². The number of fused-ring (bicyclic) bond motifs is 1. The minimum atomic E-state index is 0.408. The zero-order chi connectivity index (χ0) is 14.7. The first-order valence-corrected chi connectivity index (χ1v) is 6.93. The van der Waals surface area contributed by atoms with Crippen LogP contribution in [0.4, 0.5) is 0 Å². The highest BCUT2D eigenvalue weighted by Crippen LogP contribution is 2.32. The molecule has 1 aromatic heterocycles. The van der Waals surface area contributed by atoms with Gasteiger partial charge in [0.25, 0.3) is 0 Å². The fraction of sp³-hybridized carbons (Fsp3) is 0.375. The van der Waals surface area contributed by atoms with E-state index in [4.69, 9.17) is 14.2 Å². The van der Waals surface area contributed by atoms with Gasteiger partial charge in [-0.25, -0.2) is 9.97 Å². The minimum absolute atomic E-state index is 0.408. The predicted octanol–water partition coefficient (Wildman–Crippen LogP) is 2.29. The molecule has 110 valence electrons. The van der Waals surface area contributed by atoms with Crippen LogP contribution in [0.15, 0.2) is 30.6 Å². The molecule has 0 unspecified atom stereocenters. The van der Waals surface area contributed by atoms with E-state index in [1.165, 1.54) is 11.9 Å². The van der Waals surface area contributed by atoms with Crippen molar-refractivity contribution in [2.75, 3.05) is 20.8 Å². The van der Waals surface area contributed by atoms with Crippen LogP contribution in [0.5, 0.6) is 17.4 Å². The van der Waals surface area contributed by atoms with Gasteiger partial charge >= 0.3 is 0 Å². The Balaban J connectivity index is 1.71. The minimum Gasteiger partial charge on any atom is -0.497 e. The van der Waals surface area contributed by atoms with Gasteiger partial charge in [0.15, 0.2) is 0 Å². The Bertz CT molecular complexity index is 631. The lowest BCUT2D eigenvalue weighted by molar-refractivity contribution is 0.219. The van der Waals surface area contributed by atoms with E-state index in [-0.39, 0.29) is 0 Å². The first-order valence-electron chi connectivity index (χ1n) is 6.93. The molecule has 1 aliphatic heterocycles. The van der Waals surface area contributed by atoms with Gasteiger partial charge in [0, 0.05) is 23.7 Å². The first-order chi connectivity index (χ1) is 10.3. The second-order valence-corrected chi connectivity index (χ2v) is 5.11. The van der Waals surface area contributed by atoms with Crippen LogP contribution in [-0.2, 0) is 12.8 Å². The molecule has 2 heterocycles. The number of ether oxygens (including phenoxy) is 3. The van der Waals surface area contributed by atoms with Crippen LogP contribution in [-0.4, -0.2) is 30.8 Å². The van der Waals surface area contributed by atoms with Gasteiger partial charge in [0.2, 0.25) is 5.88 Å². The maximum Gasteiger partial charge on any atom is 0.216 e. The quantitative estimate of drug-likeness (QED) is 0.863. The van der Waals surface area contributed by atoms with Crippen molar-refractivity contribution in [3.63, 3.8) is 0 Å². The summed E-state index contributed by atoms with van der Waals surface area (Å²) in [6, 6.07) is 7.86. The molecule has 0 saturated carbocycles. The highest BCUT2D eigenvalue weighted by molar-refractivity contribution is 5.42. The van der Waals surface area contributed by atoms with Crippen LogP contribution in [0.3, 0.4) is 0 Å². The smallest absolute Gasteiger partial charge is 0.216 e. The molecule has 0 amide bonds. The monoisotopic (exact) mass is 286 g/mol. The van der Waals surface area contributed by atoms with Crippen molar-refractivity contribution in [3.05, 3.63) is 41.9 Å². The number of rotatable bonds is 4. The van der Waals surface area contributed by atoms with Gasteiger partial charge in [-0.1, -0.05) is 6.07 Å². The first kappa shape index (κ1) is 13.7. The third kappa shape index (κ3) is 3.07. The van der Waals surface area contributed by atoms with E-state index in [0.717, 1.165) is 30.0 Å². The summed E-state index contributed by atoms with van der Waals surface area (Å²) in [5.74, 6) is 2.76. The largest absolute Gasteiger partial charge is 0.497 e. The van der Waals surface area contributed by atoms with Gasteiger partial charge in [0.1, 0.15) is 17.8 Å². The molecule has 0 radical (unpaired) electrons. The number of hydrogen-bond acceptors (Lipinski definition) is 5. The molecule has 1 aromatic carbocycles. The number of nitrogens with zero attached hydrogens (tertiary/aromatic N) is 2. The van der Waals surface area contributed by atoms with Crippen LogP contribution >= 0.6 is 0 Å². The van der Waals surface area contributed by atoms with Crippen LogP contribution in [0, 0.1) is 5.92 Å². The number of hydrogen-bond donors (Lipinski definition) is 0. The molecule has 0 saturated heterocycles. The molecular formula is C16H18N2O3. The molecule has 21 heavy (non-hydrogen) atoms. The van der Waals surface area contributed by atoms with Gasteiger partial charge in [-0.05, 0) is 24.5 Å². The molecule has 0 spiro atoms. The molecule has 0 bridgehead atoms. The lowest BCUT2D eigenvalue weighted by Crippen LogP contribution is -2.23. The van der Waals surface area contributed by atoms with Gasteiger partial charge in [-0.3, -0.25) is 0 Å². The molecular weight excluding hydrogens is 268 g/mol. The van der Waals surface area contributed by atoms with E-state index < -0.39 is 0 Å². The maximum absolute atomic E-state index is 5.85. The third-order valence-electron chi connectivity index (χ3n) is 3.66. The normalized spacial score (nSPS) is 16.8. The molecule has 0 fully saturated rings. The van der Waals surface area contributed by atoms with Crippen molar-refractivity contribution in [3.8, 4) is 17.4 Å². The van der Waals surface area contributed by atoms with Crippen LogP contribution in [0.2, 0.25) is 0 Å². The lowest BCUT2D eigenvalue weighted by atomic mass is 9.92. The van der Waals surface area contributed by atoms with Gasteiger partial charge in [-0.2, -0.15) is 0 Å². The topological polar surface area (TPSA) is 53.5 Å². The molecule has 0 N–H and O–H groups in total. The van der Waals surface area contributed by atoms with Crippen molar-refractivity contribution in [1.82, 2.24) is 9.97 Å². The molecule has 1 atom stereocenters. The highest BCUT2D eigenvalue weighted by atomic mass is 16.5. The molecule has 2 aromatic rings. The summed E-state index contributed by atoms with van der Waals surface area (Å²) in [7, 11) is 3.27. The summed E-state index contributed by atoms with van der Waals surface area (Å²) in [6.45, 7) is 0.687. The molecule has 5 heteroatoms. The van der Waals surface area contributed by atoms with Crippen molar-refractivity contribution < 1.29 is 14.2 Å². The molecule has 3 rings (SSSR count). The Hall–Kier alpha value is -2.30. The SMILES string of the molecule is COc1ccc2c(c1)OC[C@@H](Cc1cc(OC)ncn1)C2. The van der Waals surface area contributed by atoms with E-state index in [1.54, 1.807) is 14.2 Å². The number of methoxy groups -OCH3 is 2. The fourth-order valence-corrected chi connectivity index (χ4v) is 2.57. The van der Waals surface area contributed by atoms with Crippen LogP contribution < -0.4 is 14.2 Å². The summed E-state index contributed by atoms with van der Waals surface area (Å²) in [4.78, 5) is 8.33. The zero-order valence-corrected chi connectivity index (χ0v) is 12.2. The highest BCUT2D eigenvalue weighted by Gasteiger charge is 2.21. The summed E-state index contributed by atoms with van der Waals surface area (Å²) in [5, 5.41) is 0. The Kier molecular flexibility index (Phi) is 3.90. The summed E-state index contributed by atoms with van der Waals surface area (Å²) < 4.78 is 16.2. The summed E-state index contributed by atoms with van der Waals surface area (Å²) in [6.07, 6.45) is 3.37. The van der Waals surface area contributed by atoms with Crippen LogP contribution in [0.1, 0.15) is 11.3 Å². The zero-order valence-electron chi connectivity index (χ0n) is 12.2. The second kappa shape index (κ2) is 5.99. The molecule has 1 aliphatic rings. The van der Waals surface area contributed by atoms with Gasteiger partial charge in [0.05, 0.1) is 20.8 Å². The number of benzene rings is 1. The Morgan fingerprint density at radius 1 is 1.19 bits per heavy atom. The van der Waals surface area contributed by atoms with Crippen molar-refractivity contribution in [2.24, 2.45) is 5.92 Å². The Morgan fingerprint density at radius 2 is 2.10 bits per heavy atom. The lowest BCUT2D eigenvalue weighted by Gasteiger charge is -2.25. The predicted molar refractivity (Wildman–Crippen MR) is 78.0 cm³/mol. The van der Waals surface area contributed by atoms with Gasteiger partial charge < -0.3 is 14.2 Å². The Labute approximate surface area is 123 Å². The third-order valence-corrected chi connectivity index (χ3v) is 3.66. The maximum atomic E-state index is 5.85. The summed E-state index contributed by atoms with van der Waals surface area (Å²) in [5.41, 5.74) is 2.19. The second-order valence-electron chi connectivity index (χ2n) is 5.11. The molecule has 5 nitrogen and oxygen atoms in total. The number of aromatic nitrogens is 2. The standard InChI is InChI=1S/C16H18N2O3/c1-19-14-4-3-12-5-11(9-21-15(12)8-14)6-13-7-16(20-2)18-10-17-13/h3-4,7-8,10-11H,5-6,9H2,1-2H3/t11-/m1/s1. The fourth-order valence-electron chi connectivity index (χ4n) is 2.57. The van der Waals surface area contributed by atoms with E-state index in [0.29, 0.717) is 18.4 Å². The van der Waals surface area contributed by atoms with Crippen molar-refractivity contribution in [2.45, 2.75) is 12.8 Å². The van der Waals surface area contributed by atoms with E-state index >= 15 is 0 Å². The Morgan fingerprint density at radius 3 is 2.90 bits per heavy atom. The van der Waals surface area contributed by atoms with Crippen molar-refractivity contribution >= 4 is 0 Å².